The number of nitrogens with zero attached hydrogens (tertiary/aromatic N) is 1. The molecule has 0 saturated heterocycles. The van der Waals surface area contributed by atoms with E-state index in [4.69, 9.17) is 21.6 Å². The molecule has 0 heterocycles. The summed E-state index contributed by atoms with van der Waals surface area (Å²) >= 11 is 5.98. The first-order valence-electron chi connectivity index (χ1n) is 5.28. The molecule has 0 aliphatic carbocycles. The second kappa shape index (κ2) is 7.13. The number of ether oxygens (including phenoxy) is 1. The molecule has 1 unspecified atom stereocenters. The van der Waals surface area contributed by atoms with Crippen LogP contribution in [0.15, 0.2) is 18.2 Å². The minimum atomic E-state index is -0.513. The lowest BCUT2D eigenvalue weighted by molar-refractivity contribution is 0.0615. The molecule has 0 amide bonds. The number of hydrogen-bond acceptors (Lipinski definition) is 4. The molecule has 0 radical (unpaired) electrons. The molecule has 2 N–H and O–H groups in total. The highest BCUT2D eigenvalue weighted by Gasteiger charge is 2.07. The average Bonchev–Trinajstić information content (AvgIpc) is 2.31. The van der Waals surface area contributed by atoms with Crippen molar-refractivity contribution in [3.63, 3.8) is 0 Å². The molecular weight excluding hydrogens is 240 g/mol. The smallest absolute Gasteiger partial charge is 0.101 e. The number of nitriles is 1. The number of hydrogen-bond donors (Lipinski definition) is 2. The van der Waals surface area contributed by atoms with Crippen LogP contribution in [-0.2, 0) is 4.74 Å². The molecule has 0 bridgehead atoms. The Morgan fingerprint density at radius 2 is 2.35 bits per heavy atom. The van der Waals surface area contributed by atoms with Crippen LogP contribution in [0, 0.1) is 11.3 Å². The average molecular weight is 255 g/mol. The summed E-state index contributed by atoms with van der Waals surface area (Å²) in [5, 5.41) is 21.9. The maximum atomic E-state index is 9.46. The van der Waals surface area contributed by atoms with Gasteiger partial charge in [0.05, 0.1) is 29.0 Å². The van der Waals surface area contributed by atoms with Gasteiger partial charge in [0.2, 0.25) is 0 Å². The van der Waals surface area contributed by atoms with Gasteiger partial charge in [-0.1, -0.05) is 17.7 Å². The molecule has 92 valence electrons. The molecule has 17 heavy (non-hydrogen) atoms. The van der Waals surface area contributed by atoms with Gasteiger partial charge in [-0.15, -0.1) is 0 Å². The van der Waals surface area contributed by atoms with Crippen molar-refractivity contribution in [3.8, 4) is 6.07 Å². The van der Waals surface area contributed by atoms with Gasteiger partial charge in [0.1, 0.15) is 6.07 Å². The molecule has 5 heteroatoms. The number of aliphatic hydroxyl groups excluding tert-OH is 1. The van der Waals surface area contributed by atoms with E-state index in [-0.39, 0.29) is 0 Å². The zero-order chi connectivity index (χ0) is 12.7. The Bertz CT molecular complexity index is 404. The van der Waals surface area contributed by atoms with Crippen LogP contribution in [0.3, 0.4) is 0 Å². The lowest BCUT2D eigenvalue weighted by atomic mass is 10.2. The first kappa shape index (κ1) is 13.8. The predicted octanol–water partition coefficient (Wildman–Crippen LogP) is 2.02. The van der Waals surface area contributed by atoms with Gasteiger partial charge in [-0.2, -0.15) is 5.26 Å². The number of nitrogens with one attached hydrogen (secondary N) is 1. The number of benzene rings is 1. The lowest BCUT2D eigenvalue weighted by Crippen LogP contribution is -2.18. The van der Waals surface area contributed by atoms with Gasteiger partial charge in [-0.3, -0.25) is 0 Å². The van der Waals surface area contributed by atoms with E-state index < -0.39 is 6.10 Å². The molecule has 0 aliphatic heterocycles. The molecule has 1 aromatic carbocycles. The highest BCUT2D eigenvalue weighted by atomic mass is 35.5. The van der Waals surface area contributed by atoms with Gasteiger partial charge in [0.25, 0.3) is 0 Å². The van der Waals surface area contributed by atoms with Crippen molar-refractivity contribution in [3.05, 3.63) is 28.8 Å². The summed E-state index contributed by atoms with van der Waals surface area (Å²) in [6, 6.07) is 7.21. The van der Waals surface area contributed by atoms with Crippen LogP contribution in [0.25, 0.3) is 0 Å². The number of aliphatic hydroxyl groups is 1. The van der Waals surface area contributed by atoms with Crippen LogP contribution >= 0.6 is 11.6 Å². The van der Waals surface area contributed by atoms with Crippen LogP contribution < -0.4 is 5.32 Å². The maximum Gasteiger partial charge on any atom is 0.101 e. The van der Waals surface area contributed by atoms with E-state index in [0.717, 1.165) is 0 Å². The Hall–Kier alpha value is -1.28. The Morgan fingerprint density at radius 3 is 3.00 bits per heavy atom. The van der Waals surface area contributed by atoms with Crippen LogP contribution in [0.4, 0.5) is 5.69 Å². The van der Waals surface area contributed by atoms with Gasteiger partial charge in [-0.25, -0.2) is 0 Å². The van der Waals surface area contributed by atoms with Crippen molar-refractivity contribution in [1.29, 1.82) is 5.26 Å². The van der Waals surface area contributed by atoms with Crippen LogP contribution in [0.2, 0.25) is 5.02 Å². The van der Waals surface area contributed by atoms with Crippen LogP contribution in [-0.4, -0.2) is 31.5 Å². The summed E-state index contributed by atoms with van der Waals surface area (Å²) in [6.07, 6.45) is 0.0183. The highest BCUT2D eigenvalue weighted by molar-refractivity contribution is 6.33. The molecular formula is C12H15ClN2O2. The first-order valence-corrected chi connectivity index (χ1v) is 5.66. The number of rotatable bonds is 6. The topological polar surface area (TPSA) is 65.3 Å². The third kappa shape index (κ3) is 4.23. The van der Waals surface area contributed by atoms with Crippen LogP contribution in [0.5, 0.6) is 0 Å². The van der Waals surface area contributed by atoms with E-state index in [1.807, 2.05) is 0 Å². The van der Waals surface area contributed by atoms with Crippen molar-refractivity contribution in [1.82, 2.24) is 0 Å². The van der Waals surface area contributed by atoms with Gasteiger partial charge >= 0.3 is 0 Å². The van der Waals surface area contributed by atoms with Crippen molar-refractivity contribution >= 4 is 17.3 Å². The van der Waals surface area contributed by atoms with Crippen molar-refractivity contribution in [2.24, 2.45) is 0 Å². The Morgan fingerprint density at radius 1 is 1.59 bits per heavy atom. The number of methoxy groups -OCH3 is 1. The summed E-state index contributed by atoms with van der Waals surface area (Å²) in [4.78, 5) is 0. The summed E-state index contributed by atoms with van der Waals surface area (Å²) in [5.74, 6) is 0. The molecule has 0 aliphatic rings. The molecule has 0 spiro atoms. The Labute approximate surface area is 106 Å². The fourth-order valence-electron chi connectivity index (χ4n) is 1.44. The van der Waals surface area contributed by atoms with E-state index in [0.29, 0.717) is 35.8 Å². The Balaban J connectivity index is 2.55. The van der Waals surface area contributed by atoms with E-state index >= 15 is 0 Å². The number of para-hydroxylation sites is 1. The van der Waals surface area contributed by atoms with Crippen molar-refractivity contribution in [2.45, 2.75) is 12.5 Å². The molecule has 1 atom stereocenters. The maximum absolute atomic E-state index is 9.46. The van der Waals surface area contributed by atoms with Gasteiger partial charge < -0.3 is 15.2 Å². The minimum absolute atomic E-state index is 0.301. The highest BCUT2D eigenvalue weighted by Crippen LogP contribution is 2.25. The standard InChI is InChI=1S/C12H15ClN2O2/c1-17-8-10(16)5-6-15-12-9(7-14)3-2-4-11(12)13/h2-4,10,15-16H,5-6,8H2,1H3. The quantitative estimate of drug-likeness (QED) is 0.815. The largest absolute Gasteiger partial charge is 0.391 e. The lowest BCUT2D eigenvalue weighted by Gasteiger charge is -2.12. The fourth-order valence-corrected chi connectivity index (χ4v) is 1.68. The van der Waals surface area contributed by atoms with Gasteiger partial charge in [0, 0.05) is 13.7 Å². The third-order valence-corrected chi connectivity index (χ3v) is 2.59. The molecule has 0 saturated carbocycles. The second-order valence-corrected chi connectivity index (χ2v) is 4.01. The van der Waals surface area contributed by atoms with Crippen molar-refractivity contribution in [2.75, 3.05) is 25.6 Å². The summed E-state index contributed by atoms with van der Waals surface area (Å²) < 4.78 is 4.82. The number of anilines is 1. The summed E-state index contributed by atoms with van der Waals surface area (Å²) in [6.45, 7) is 0.832. The molecule has 4 nitrogen and oxygen atoms in total. The molecule has 1 rings (SSSR count). The van der Waals surface area contributed by atoms with E-state index in [1.54, 1.807) is 25.3 Å². The third-order valence-electron chi connectivity index (χ3n) is 2.27. The van der Waals surface area contributed by atoms with E-state index in [1.165, 1.54) is 0 Å². The van der Waals surface area contributed by atoms with Gasteiger partial charge in [-0.05, 0) is 18.6 Å². The van der Waals surface area contributed by atoms with E-state index in [9.17, 15) is 5.11 Å². The molecule has 0 aromatic heterocycles. The fraction of sp³-hybridized carbons (Fsp3) is 0.417. The first-order chi connectivity index (χ1) is 8.19. The Kier molecular flexibility index (Phi) is 5.78. The normalized spacial score (nSPS) is 11.9. The summed E-state index contributed by atoms with van der Waals surface area (Å²) in [7, 11) is 1.54. The monoisotopic (exact) mass is 254 g/mol. The molecule has 0 fully saturated rings. The van der Waals surface area contributed by atoms with Crippen molar-refractivity contribution < 1.29 is 9.84 Å². The molecule has 1 aromatic rings. The second-order valence-electron chi connectivity index (χ2n) is 3.60. The zero-order valence-electron chi connectivity index (χ0n) is 9.61. The minimum Gasteiger partial charge on any atom is -0.391 e. The van der Waals surface area contributed by atoms with E-state index in [2.05, 4.69) is 11.4 Å². The van der Waals surface area contributed by atoms with Crippen LogP contribution in [0.1, 0.15) is 12.0 Å². The predicted molar refractivity (Wildman–Crippen MR) is 67.2 cm³/mol. The SMILES string of the molecule is COCC(O)CCNc1c(Cl)cccc1C#N. The van der Waals surface area contributed by atoms with Gasteiger partial charge in [0.15, 0.2) is 0 Å². The number of halogens is 1. The zero-order valence-corrected chi connectivity index (χ0v) is 10.4. The summed E-state index contributed by atoms with van der Waals surface area (Å²) in [5.41, 5.74) is 1.11.